The van der Waals surface area contributed by atoms with Crippen LogP contribution in [0.2, 0.25) is 0 Å². The molecule has 0 atom stereocenters. The van der Waals surface area contributed by atoms with Gasteiger partial charge in [-0.05, 0) is 48.5 Å². The predicted molar refractivity (Wildman–Crippen MR) is 191 cm³/mol. The monoisotopic (exact) mass is 590 g/mol. The first kappa shape index (κ1) is 26.5. The molecule has 0 saturated carbocycles. The zero-order valence-corrected chi connectivity index (χ0v) is 25.1. The van der Waals surface area contributed by atoms with Crippen molar-refractivity contribution in [2.24, 2.45) is 0 Å². The number of rotatable bonds is 4. The van der Waals surface area contributed by atoms with Crippen LogP contribution in [-0.2, 0) is 0 Å². The van der Waals surface area contributed by atoms with E-state index in [0.717, 1.165) is 68.2 Å². The van der Waals surface area contributed by atoms with Gasteiger partial charge in [0, 0.05) is 59.9 Å². The van der Waals surface area contributed by atoms with Crippen LogP contribution in [0.25, 0.3) is 0 Å². The van der Waals surface area contributed by atoms with Crippen LogP contribution < -0.4 is 19.6 Å². The fraction of sp³-hybridized carbons (Fsp3) is 0. The lowest BCUT2D eigenvalue weighted by Crippen LogP contribution is -2.25. The van der Waals surface area contributed by atoms with Crippen molar-refractivity contribution in [1.29, 1.82) is 0 Å². The second kappa shape index (κ2) is 10.9. The first-order valence-electron chi connectivity index (χ1n) is 15.6. The molecule has 7 aromatic rings. The van der Waals surface area contributed by atoms with Gasteiger partial charge in [0.15, 0.2) is 11.4 Å². The lowest BCUT2D eigenvalue weighted by molar-refractivity contribution is 0.889. The Morgan fingerprint density at radius 3 is 0.826 bits per heavy atom. The molecule has 0 unspecified atom stereocenters. The number of hydrogen-bond acceptors (Lipinski definition) is 4. The molecule has 2 heterocycles. The van der Waals surface area contributed by atoms with Gasteiger partial charge in [0.2, 0.25) is 22.7 Å². The Labute approximate surface area is 269 Å². The normalized spacial score (nSPS) is 13.8. The summed E-state index contributed by atoms with van der Waals surface area (Å²) < 4.78 is 0. The van der Waals surface area contributed by atoms with Crippen molar-refractivity contribution < 1.29 is 0 Å². The summed E-state index contributed by atoms with van der Waals surface area (Å²) in [5.74, 6) is 0. The average Bonchev–Trinajstić information content (AvgIpc) is 3.13. The Hall–Kier alpha value is -5.94. The Morgan fingerprint density at radius 1 is 0.261 bits per heavy atom. The van der Waals surface area contributed by atoms with Crippen LogP contribution in [0.5, 0.6) is 0 Å². The first-order valence-corrected chi connectivity index (χ1v) is 15.6. The van der Waals surface area contributed by atoms with Crippen molar-refractivity contribution in [3.63, 3.8) is 0 Å². The van der Waals surface area contributed by atoms with Gasteiger partial charge in [-0.1, -0.05) is 94.7 Å². The summed E-state index contributed by atoms with van der Waals surface area (Å²) in [7, 11) is 0. The van der Waals surface area contributed by atoms with E-state index >= 15 is 0 Å². The van der Waals surface area contributed by atoms with Gasteiger partial charge in [0.05, 0.1) is 0 Å². The predicted octanol–water partition coefficient (Wildman–Crippen LogP) is 12.1. The van der Waals surface area contributed by atoms with Gasteiger partial charge >= 0.3 is 0 Å². The molecule has 7 aromatic carbocycles. The highest BCUT2D eigenvalue weighted by molar-refractivity contribution is 5.98. The molecule has 2 radical (unpaired) electrons. The fourth-order valence-corrected chi connectivity index (χ4v) is 6.91. The van der Waals surface area contributed by atoms with E-state index < -0.39 is 0 Å². The van der Waals surface area contributed by atoms with Crippen molar-refractivity contribution in [3.8, 4) is 0 Å². The van der Waals surface area contributed by atoms with Crippen LogP contribution in [0, 0.1) is 0 Å². The lowest BCUT2D eigenvalue weighted by Gasteiger charge is -2.33. The summed E-state index contributed by atoms with van der Waals surface area (Å²) >= 11 is 0. The second-order valence-electron chi connectivity index (χ2n) is 11.5. The SMILES string of the molecule is c1ccc(N2c3ccccc3[N+](c3ccc([N+]4c5ccccc5N(c5ccccc5)c5ccccc54)cc3)c3ccccc32)cc1. The molecule has 216 valence electrons. The Kier molecular flexibility index (Phi) is 6.27. The number of anilines is 12. The molecule has 9 rings (SSSR count). The summed E-state index contributed by atoms with van der Waals surface area (Å²) in [6.07, 6.45) is 0. The van der Waals surface area contributed by atoms with Crippen molar-refractivity contribution in [2.75, 3.05) is 9.80 Å². The molecule has 46 heavy (non-hydrogen) atoms. The number of benzene rings is 7. The number of fused-ring (bicyclic) bond motifs is 4. The molecule has 2 aliphatic heterocycles. The molecule has 4 heteroatoms. The van der Waals surface area contributed by atoms with E-state index in [9.17, 15) is 0 Å². The molecule has 0 N–H and O–H groups in total. The lowest BCUT2D eigenvalue weighted by atomic mass is 10.0. The number of para-hydroxylation sites is 10. The van der Waals surface area contributed by atoms with E-state index in [4.69, 9.17) is 0 Å². The van der Waals surface area contributed by atoms with Crippen molar-refractivity contribution in [3.05, 3.63) is 182 Å². The smallest absolute Gasteiger partial charge is 0.216 e. The van der Waals surface area contributed by atoms with Crippen LogP contribution in [0.1, 0.15) is 0 Å². The minimum absolute atomic E-state index is 1.11. The topological polar surface area (TPSA) is 18.3 Å². The van der Waals surface area contributed by atoms with Crippen LogP contribution in [0.3, 0.4) is 0 Å². The van der Waals surface area contributed by atoms with E-state index in [1.165, 1.54) is 0 Å². The van der Waals surface area contributed by atoms with E-state index in [-0.39, 0.29) is 0 Å². The maximum Gasteiger partial charge on any atom is 0.216 e. The van der Waals surface area contributed by atoms with E-state index in [1.807, 2.05) is 0 Å². The van der Waals surface area contributed by atoms with Crippen molar-refractivity contribution in [2.45, 2.75) is 0 Å². The van der Waals surface area contributed by atoms with Crippen LogP contribution in [0.15, 0.2) is 182 Å². The summed E-state index contributed by atoms with van der Waals surface area (Å²) in [6, 6.07) is 64.8. The van der Waals surface area contributed by atoms with Gasteiger partial charge in [-0.2, -0.15) is 0 Å². The Balaban J connectivity index is 1.16. The summed E-state index contributed by atoms with van der Waals surface area (Å²) in [5, 5.41) is 0. The highest BCUT2D eigenvalue weighted by Crippen LogP contribution is 2.55. The number of nitrogens with zero attached hydrogens (tertiary/aromatic N) is 4. The summed E-state index contributed by atoms with van der Waals surface area (Å²) in [5.41, 5.74) is 13.7. The molecule has 4 nitrogen and oxygen atoms in total. The van der Waals surface area contributed by atoms with Crippen LogP contribution >= 0.6 is 0 Å². The van der Waals surface area contributed by atoms with Crippen molar-refractivity contribution >= 4 is 68.2 Å². The molecule has 0 amide bonds. The minimum Gasteiger partial charge on any atom is -0.299 e. The molecular weight excluding hydrogens is 560 g/mol. The Bertz CT molecular complexity index is 1920. The third-order valence-corrected chi connectivity index (χ3v) is 8.85. The maximum absolute atomic E-state index is 2.38. The molecular formula is C42H30N4+2. The third kappa shape index (κ3) is 4.16. The van der Waals surface area contributed by atoms with E-state index in [0.29, 0.717) is 0 Å². The van der Waals surface area contributed by atoms with E-state index in [2.05, 4.69) is 202 Å². The Morgan fingerprint density at radius 2 is 0.522 bits per heavy atom. The van der Waals surface area contributed by atoms with Gasteiger partial charge in [-0.15, -0.1) is 0 Å². The zero-order valence-electron chi connectivity index (χ0n) is 25.1. The second-order valence-corrected chi connectivity index (χ2v) is 11.5. The molecule has 0 aliphatic carbocycles. The van der Waals surface area contributed by atoms with Crippen molar-refractivity contribution in [1.82, 2.24) is 9.80 Å². The van der Waals surface area contributed by atoms with Gasteiger partial charge < -0.3 is 0 Å². The minimum atomic E-state index is 1.11. The quantitative estimate of drug-likeness (QED) is 0.190. The molecule has 0 spiro atoms. The molecule has 0 aromatic heterocycles. The standard InChI is InChI=1S/C42H30N4/c1-3-15-31(16-4-1)43-35-19-7-11-23-39(35)45(40-24-12-8-20-36(40)43)33-27-29-34(30-28-33)46-41-25-13-9-21-37(41)44(32-17-5-2-6-18-32)38-22-10-14-26-42(38)46/h1-30H/q+2. The molecule has 2 aliphatic rings. The largest absolute Gasteiger partial charge is 0.299 e. The van der Waals surface area contributed by atoms with E-state index in [1.54, 1.807) is 0 Å². The highest BCUT2D eigenvalue weighted by Gasteiger charge is 2.42. The van der Waals surface area contributed by atoms with Crippen LogP contribution in [0.4, 0.5) is 68.2 Å². The molecule has 0 fully saturated rings. The first-order chi connectivity index (χ1) is 22.9. The average molecular weight is 591 g/mol. The van der Waals surface area contributed by atoms with Gasteiger partial charge in [0.1, 0.15) is 22.7 Å². The zero-order chi connectivity index (χ0) is 30.5. The number of hydrogen-bond donors (Lipinski definition) is 0. The van der Waals surface area contributed by atoms with Gasteiger partial charge in [-0.25, -0.2) is 0 Å². The van der Waals surface area contributed by atoms with Gasteiger partial charge in [-0.3, -0.25) is 9.80 Å². The molecule has 0 saturated heterocycles. The fourth-order valence-electron chi connectivity index (χ4n) is 6.91. The van der Waals surface area contributed by atoms with Gasteiger partial charge in [0.25, 0.3) is 0 Å². The summed E-state index contributed by atoms with van der Waals surface area (Å²) in [4.78, 5) is 9.47. The molecule has 0 bridgehead atoms. The highest BCUT2D eigenvalue weighted by atomic mass is 15.3. The van der Waals surface area contributed by atoms with Crippen LogP contribution in [-0.4, -0.2) is 0 Å². The summed E-state index contributed by atoms with van der Waals surface area (Å²) in [6.45, 7) is 0. The third-order valence-electron chi connectivity index (χ3n) is 8.85. The maximum atomic E-state index is 2.38.